The van der Waals surface area contributed by atoms with Crippen LogP contribution in [0.25, 0.3) is 0 Å². The molecule has 2 fully saturated rings. The van der Waals surface area contributed by atoms with Crippen LogP contribution >= 0.6 is 27.5 Å². The Morgan fingerprint density at radius 2 is 1.88 bits per heavy atom. The first-order chi connectivity index (χ1) is 12.1. The lowest BCUT2D eigenvalue weighted by Gasteiger charge is -2.53. The van der Waals surface area contributed by atoms with Gasteiger partial charge in [0.15, 0.2) is 5.78 Å². The van der Waals surface area contributed by atoms with Crippen molar-refractivity contribution in [3.8, 4) is 0 Å². The van der Waals surface area contributed by atoms with Crippen molar-refractivity contribution in [3.05, 3.63) is 34.9 Å². The number of ketones is 1. The summed E-state index contributed by atoms with van der Waals surface area (Å²) in [6.07, 6.45) is 3.00. The monoisotopic (exact) mass is 441 g/mol. The van der Waals surface area contributed by atoms with Gasteiger partial charge in [-0.2, -0.15) is 0 Å². The molecule has 0 bridgehead atoms. The lowest BCUT2D eigenvalue weighted by molar-refractivity contribution is -0.131. The molecule has 2 aliphatic rings. The number of rotatable bonds is 2. The molecule has 1 amide bonds. The summed E-state index contributed by atoms with van der Waals surface area (Å²) >= 11 is 9.57. The third kappa shape index (κ3) is 3.65. The van der Waals surface area contributed by atoms with Gasteiger partial charge in [-0.05, 0) is 57.7 Å². The predicted octanol–water partition coefficient (Wildman–Crippen LogP) is 5.10. The van der Waals surface area contributed by atoms with Crippen molar-refractivity contribution >= 4 is 39.4 Å². The van der Waals surface area contributed by atoms with Gasteiger partial charge in [-0.3, -0.25) is 9.69 Å². The highest BCUT2D eigenvalue weighted by molar-refractivity contribution is 9.10. The summed E-state index contributed by atoms with van der Waals surface area (Å²) in [5.74, 6) is 0.0664. The minimum atomic E-state index is -0.594. The lowest BCUT2D eigenvalue weighted by Crippen LogP contribution is -2.64. The van der Waals surface area contributed by atoms with E-state index >= 15 is 0 Å². The first-order valence-electron chi connectivity index (χ1n) is 9.07. The molecule has 142 valence electrons. The van der Waals surface area contributed by atoms with Crippen LogP contribution in [0, 0.1) is 0 Å². The fraction of sp³-hybridized carbons (Fsp3) is 0.600. The van der Waals surface area contributed by atoms with Crippen molar-refractivity contribution in [1.82, 2.24) is 4.90 Å². The molecule has 0 N–H and O–H groups in total. The third-order valence-electron chi connectivity index (χ3n) is 5.33. The average Bonchev–Trinajstić information content (AvgIpc) is 2.50. The van der Waals surface area contributed by atoms with Gasteiger partial charge in [-0.15, -0.1) is 0 Å². The largest absolute Gasteiger partial charge is 0.444 e. The van der Waals surface area contributed by atoms with Crippen molar-refractivity contribution in [2.75, 3.05) is 6.54 Å². The number of ether oxygens (including phenoxy) is 1. The fourth-order valence-corrected chi connectivity index (χ4v) is 4.58. The highest BCUT2D eigenvalue weighted by Gasteiger charge is 2.55. The highest BCUT2D eigenvalue weighted by Crippen LogP contribution is 2.50. The molecular weight excluding hydrogens is 418 g/mol. The van der Waals surface area contributed by atoms with Crippen molar-refractivity contribution in [2.24, 2.45) is 0 Å². The molecule has 1 aliphatic carbocycles. The highest BCUT2D eigenvalue weighted by atomic mass is 79.9. The van der Waals surface area contributed by atoms with Crippen LogP contribution in [-0.4, -0.2) is 39.8 Å². The molecule has 1 heterocycles. The second kappa shape index (κ2) is 7.16. The summed E-state index contributed by atoms with van der Waals surface area (Å²) in [7, 11) is 0. The van der Waals surface area contributed by atoms with Crippen molar-refractivity contribution < 1.29 is 14.3 Å². The summed E-state index contributed by atoms with van der Waals surface area (Å²) in [6.45, 7) is 6.04. The average molecular weight is 443 g/mol. The number of piperidine rings is 1. The van der Waals surface area contributed by atoms with Gasteiger partial charge in [0.1, 0.15) is 11.6 Å². The van der Waals surface area contributed by atoms with Crippen LogP contribution in [0.2, 0.25) is 5.02 Å². The number of nitrogens with zero attached hydrogens (tertiary/aromatic N) is 1. The number of hydrogen-bond acceptors (Lipinski definition) is 3. The summed E-state index contributed by atoms with van der Waals surface area (Å²) < 4.78 is 5.61. The van der Waals surface area contributed by atoms with Gasteiger partial charge in [0.05, 0.1) is 4.83 Å². The van der Waals surface area contributed by atoms with E-state index in [1.807, 2.05) is 45.0 Å². The molecule has 0 radical (unpaired) electrons. The number of alkyl halides is 1. The zero-order chi connectivity index (χ0) is 19.1. The Kier molecular flexibility index (Phi) is 5.42. The number of hydrogen-bond donors (Lipinski definition) is 0. The summed E-state index contributed by atoms with van der Waals surface area (Å²) in [4.78, 5) is 27.5. The van der Waals surface area contributed by atoms with E-state index in [4.69, 9.17) is 16.3 Å². The van der Waals surface area contributed by atoms with Crippen LogP contribution < -0.4 is 0 Å². The smallest absolute Gasteiger partial charge is 0.410 e. The Balaban J connectivity index is 1.99. The number of amides is 1. The minimum absolute atomic E-state index is 0.0664. The quantitative estimate of drug-likeness (QED) is 0.598. The summed E-state index contributed by atoms with van der Waals surface area (Å²) in [6, 6.07) is 7.17. The molecule has 2 unspecified atom stereocenters. The predicted molar refractivity (Wildman–Crippen MR) is 106 cm³/mol. The Hall–Kier alpha value is -1.07. The van der Waals surface area contributed by atoms with Gasteiger partial charge in [-0.25, -0.2) is 4.79 Å². The van der Waals surface area contributed by atoms with Crippen LogP contribution in [0.5, 0.6) is 0 Å². The topological polar surface area (TPSA) is 46.6 Å². The van der Waals surface area contributed by atoms with Crippen molar-refractivity contribution in [1.29, 1.82) is 0 Å². The molecule has 1 aliphatic heterocycles. The lowest BCUT2D eigenvalue weighted by atomic mass is 9.58. The van der Waals surface area contributed by atoms with Crippen LogP contribution in [0.15, 0.2) is 24.3 Å². The van der Waals surface area contributed by atoms with Crippen molar-refractivity contribution in [3.63, 3.8) is 0 Å². The maximum atomic E-state index is 13.2. The molecule has 2 atom stereocenters. The first kappa shape index (κ1) is 19.7. The molecular formula is C20H25BrClNO3. The van der Waals surface area contributed by atoms with E-state index in [0.717, 1.165) is 24.8 Å². The Labute approximate surface area is 168 Å². The molecule has 1 saturated carbocycles. The van der Waals surface area contributed by atoms with E-state index in [9.17, 15) is 9.59 Å². The summed E-state index contributed by atoms with van der Waals surface area (Å²) in [5, 5.41) is 0.667. The molecule has 26 heavy (non-hydrogen) atoms. The zero-order valence-corrected chi connectivity index (χ0v) is 17.8. The number of likely N-dealkylation sites (tertiary alicyclic amines) is 1. The van der Waals surface area contributed by atoms with Gasteiger partial charge in [0, 0.05) is 17.0 Å². The Morgan fingerprint density at radius 1 is 1.27 bits per heavy atom. The maximum absolute atomic E-state index is 13.2. The van der Waals surface area contributed by atoms with Gasteiger partial charge in [0.25, 0.3) is 0 Å². The van der Waals surface area contributed by atoms with Crippen LogP contribution in [-0.2, 0) is 14.9 Å². The minimum Gasteiger partial charge on any atom is -0.444 e. The second-order valence-electron chi connectivity index (χ2n) is 8.25. The molecule has 3 rings (SSSR count). The van der Waals surface area contributed by atoms with Gasteiger partial charge >= 0.3 is 6.09 Å². The van der Waals surface area contributed by atoms with E-state index in [1.54, 1.807) is 4.90 Å². The van der Waals surface area contributed by atoms with Gasteiger partial charge < -0.3 is 4.74 Å². The second-order valence-corrected chi connectivity index (χ2v) is 9.79. The van der Waals surface area contributed by atoms with Crippen LogP contribution in [0.3, 0.4) is 0 Å². The van der Waals surface area contributed by atoms with Crippen molar-refractivity contribution in [2.45, 2.75) is 68.3 Å². The zero-order valence-electron chi connectivity index (χ0n) is 15.4. The molecule has 1 aromatic carbocycles. The Morgan fingerprint density at radius 3 is 2.38 bits per heavy atom. The fourth-order valence-electron chi connectivity index (χ4n) is 4.00. The Bertz CT molecular complexity index is 694. The van der Waals surface area contributed by atoms with E-state index in [1.165, 1.54) is 0 Å². The van der Waals surface area contributed by atoms with Crippen LogP contribution in [0.4, 0.5) is 4.79 Å². The van der Waals surface area contributed by atoms with E-state index in [-0.39, 0.29) is 16.0 Å². The van der Waals surface area contributed by atoms with E-state index in [0.29, 0.717) is 18.0 Å². The van der Waals surface area contributed by atoms with E-state index < -0.39 is 17.7 Å². The van der Waals surface area contributed by atoms with Gasteiger partial charge in [0.2, 0.25) is 0 Å². The molecule has 0 spiro atoms. The van der Waals surface area contributed by atoms with E-state index in [2.05, 4.69) is 15.9 Å². The van der Waals surface area contributed by atoms with Gasteiger partial charge in [-0.1, -0.05) is 46.1 Å². The third-order valence-corrected chi connectivity index (χ3v) is 6.49. The number of Topliss-reactive ketones (excluding diaryl/α,β-unsaturated/α-hetero) is 1. The molecule has 1 aromatic rings. The molecule has 6 heteroatoms. The number of carbonyl (C=O) groups excluding carboxylic acids is 2. The van der Waals surface area contributed by atoms with Crippen LogP contribution in [0.1, 0.15) is 52.0 Å². The molecule has 4 nitrogen and oxygen atoms in total. The first-order valence-corrected chi connectivity index (χ1v) is 10.4. The number of carbonyl (C=O) groups is 2. The molecule has 1 saturated heterocycles. The SMILES string of the molecule is CC(C)(C)OC(=O)N1CCC(Br)C(=O)C1C1(c2ccc(Cl)cc2)CCC1. The standard InChI is InChI=1S/C20H25BrClNO3/c1-19(2,3)26-18(25)23-12-9-15(21)16(24)17(23)20(10-4-11-20)13-5-7-14(22)8-6-13/h5-8,15,17H,4,9-12H2,1-3H3. The normalized spacial score (nSPS) is 25.6. The molecule has 0 aromatic heterocycles. The number of benzene rings is 1. The number of halogens is 2. The maximum Gasteiger partial charge on any atom is 0.410 e. The summed E-state index contributed by atoms with van der Waals surface area (Å²) in [5.41, 5.74) is 0.121.